The maximum Gasteiger partial charge on any atom is 0.407 e. The molecule has 0 unspecified atom stereocenters. The third-order valence-electron chi connectivity index (χ3n) is 13.9. The van der Waals surface area contributed by atoms with Gasteiger partial charge in [-0.05, 0) is 93.5 Å². The number of imidazole rings is 2. The highest BCUT2D eigenvalue weighted by Crippen LogP contribution is 2.46. The van der Waals surface area contributed by atoms with Crippen LogP contribution in [0.1, 0.15) is 114 Å². The van der Waals surface area contributed by atoms with E-state index in [1.165, 1.54) is 20.3 Å². The van der Waals surface area contributed by atoms with E-state index in [4.69, 9.17) is 14.2 Å². The lowest BCUT2D eigenvalue weighted by atomic mass is 9.83. The minimum atomic E-state index is -4.01. The molecule has 0 radical (unpaired) electrons. The van der Waals surface area contributed by atoms with Crippen LogP contribution < -0.4 is 15.4 Å². The molecule has 9 rings (SSSR count). The number of nitrogens with zero attached hydrogens (tertiary/aromatic N) is 4. The number of carbonyl (C=O) groups is 4. The SMILES string of the molecule is COC(=O)N[C@H](C(=O)N1CCC[C@H]1c1ncc(-c2ccc3c(c2)Oc2ccc(-c4cnc([C@@H]5CCCN5C(=O)[C@@H](NC(=O)OC)C5CCCCC5)[nH]4)cc2S3(=O)=O)[nH]1)C1CCCCC1. The summed E-state index contributed by atoms with van der Waals surface area (Å²) in [5, 5.41) is 5.65. The second-order valence-corrected chi connectivity index (χ2v) is 19.6. The predicted molar refractivity (Wildman–Crippen MR) is 233 cm³/mol. The lowest BCUT2D eigenvalue weighted by Crippen LogP contribution is -2.52. The third-order valence-corrected chi connectivity index (χ3v) is 15.7. The highest BCUT2D eigenvalue weighted by atomic mass is 32.2. The van der Waals surface area contributed by atoms with Crippen molar-refractivity contribution in [3.8, 4) is 34.0 Å². The Bertz CT molecular complexity index is 2510. The highest BCUT2D eigenvalue weighted by molar-refractivity contribution is 7.91. The number of alkyl carbamates (subject to hydrolysis) is 2. The number of fused-ring (bicyclic) bond motifs is 2. The topological polar surface area (TPSA) is 218 Å². The smallest absolute Gasteiger partial charge is 0.407 e. The Hall–Kier alpha value is -5.91. The lowest BCUT2D eigenvalue weighted by molar-refractivity contribution is -0.136. The average molecular weight is 897 g/mol. The van der Waals surface area contributed by atoms with Gasteiger partial charge in [-0.15, -0.1) is 0 Å². The largest absolute Gasteiger partial charge is 0.455 e. The van der Waals surface area contributed by atoms with Gasteiger partial charge in [0.1, 0.15) is 45.0 Å². The standard InChI is InChI=1S/C46H56N8O9S/c1-61-45(57)51-39(27-11-5-3-6-12-27)43(55)53-21-9-15-33(53)41-47-25-31(49-41)29-18-20-37-36(23-29)63-35-19-17-30(24-38(35)64(37,59)60)32-26-48-42(50-32)34-16-10-22-54(34)44(56)40(52-46(58)62-2)28-13-7-4-8-14-28/h17-20,23-28,33-34,39-40H,3-16,21-22H2,1-2H3,(H,47,49)(H,48,50)(H,51,57)(H,52,58)/t33-,34-,39-,40-/m0/s1. The number of hydrogen-bond donors (Lipinski definition) is 4. The van der Waals surface area contributed by atoms with Gasteiger partial charge in [0.2, 0.25) is 21.7 Å². The molecule has 18 heteroatoms. The Labute approximate surface area is 372 Å². The van der Waals surface area contributed by atoms with Crippen molar-refractivity contribution in [1.82, 2.24) is 40.4 Å². The van der Waals surface area contributed by atoms with E-state index in [1.807, 2.05) is 0 Å². The Morgan fingerprint density at radius 3 is 1.62 bits per heavy atom. The maximum absolute atomic E-state index is 14.2. The molecule has 4 fully saturated rings. The van der Waals surface area contributed by atoms with Gasteiger partial charge in [-0.1, -0.05) is 44.6 Å². The molecule has 5 heterocycles. The van der Waals surface area contributed by atoms with Gasteiger partial charge in [-0.2, -0.15) is 0 Å². The van der Waals surface area contributed by atoms with Crippen LogP contribution in [0.5, 0.6) is 11.5 Å². The van der Waals surface area contributed by atoms with Crippen molar-refractivity contribution in [3.05, 3.63) is 60.4 Å². The summed E-state index contributed by atoms with van der Waals surface area (Å²) in [6.45, 7) is 1.07. The van der Waals surface area contributed by atoms with Crippen LogP contribution in [0.4, 0.5) is 9.59 Å². The normalized spacial score (nSPS) is 21.8. The van der Waals surface area contributed by atoms with Crippen LogP contribution in [0.3, 0.4) is 0 Å². The van der Waals surface area contributed by atoms with Crippen molar-refractivity contribution in [2.75, 3.05) is 27.3 Å². The number of sulfone groups is 1. The maximum atomic E-state index is 14.2. The first-order valence-corrected chi connectivity index (χ1v) is 24.1. The molecule has 2 aromatic heterocycles. The van der Waals surface area contributed by atoms with Gasteiger partial charge in [-0.25, -0.2) is 28.0 Å². The summed E-state index contributed by atoms with van der Waals surface area (Å²) in [6, 6.07) is 7.87. The molecule has 4 N–H and O–H groups in total. The average Bonchev–Trinajstić information content (AvgIpc) is 4.17. The summed E-state index contributed by atoms with van der Waals surface area (Å²) >= 11 is 0. The van der Waals surface area contributed by atoms with E-state index in [1.54, 1.807) is 52.5 Å². The van der Waals surface area contributed by atoms with E-state index in [9.17, 15) is 27.6 Å². The molecule has 64 heavy (non-hydrogen) atoms. The van der Waals surface area contributed by atoms with Gasteiger partial charge in [-0.3, -0.25) is 9.59 Å². The third kappa shape index (κ3) is 8.43. The monoisotopic (exact) mass is 896 g/mol. The molecule has 5 aliphatic rings. The molecule has 4 amide bonds. The molecular weight excluding hydrogens is 841 g/mol. The van der Waals surface area contributed by atoms with Gasteiger partial charge in [0.05, 0.1) is 50.1 Å². The highest BCUT2D eigenvalue weighted by Gasteiger charge is 2.42. The van der Waals surface area contributed by atoms with E-state index < -0.39 is 34.1 Å². The molecule has 17 nitrogen and oxygen atoms in total. The van der Waals surface area contributed by atoms with Gasteiger partial charge >= 0.3 is 12.2 Å². The fraction of sp³-hybridized carbons (Fsp3) is 0.522. The van der Waals surface area contributed by atoms with Crippen molar-refractivity contribution >= 4 is 33.8 Å². The molecule has 3 aliphatic heterocycles. The molecule has 4 atom stereocenters. The van der Waals surface area contributed by atoms with Crippen LogP contribution in [0.25, 0.3) is 22.5 Å². The zero-order valence-corrected chi connectivity index (χ0v) is 37.1. The Morgan fingerprint density at radius 1 is 0.641 bits per heavy atom. The molecule has 2 aliphatic carbocycles. The van der Waals surface area contributed by atoms with Crippen LogP contribution in [-0.2, 0) is 28.9 Å². The van der Waals surface area contributed by atoms with Crippen LogP contribution in [0.2, 0.25) is 0 Å². The van der Waals surface area contributed by atoms with E-state index in [-0.39, 0.29) is 57.0 Å². The second kappa shape index (κ2) is 18.3. The fourth-order valence-corrected chi connectivity index (χ4v) is 12.1. The molecule has 2 saturated carbocycles. The first-order valence-electron chi connectivity index (χ1n) is 22.7. The van der Waals surface area contributed by atoms with Crippen molar-refractivity contribution in [2.24, 2.45) is 11.8 Å². The Kier molecular flexibility index (Phi) is 12.4. The summed E-state index contributed by atoms with van der Waals surface area (Å²) in [4.78, 5) is 72.6. The van der Waals surface area contributed by atoms with Gasteiger partial charge in [0, 0.05) is 24.2 Å². The number of nitrogens with one attached hydrogen (secondary N) is 4. The van der Waals surface area contributed by atoms with E-state index in [2.05, 4.69) is 30.6 Å². The molecule has 0 bridgehead atoms. The second-order valence-electron chi connectivity index (χ2n) is 17.7. The molecule has 4 aromatic rings. The number of methoxy groups -OCH3 is 2. The summed E-state index contributed by atoms with van der Waals surface area (Å²) in [6.07, 6.45) is 14.7. The van der Waals surface area contributed by atoms with Crippen LogP contribution in [0.15, 0.2) is 58.6 Å². The first kappa shape index (κ1) is 43.3. The number of carbonyl (C=O) groups excluding carboxylic acids is 4. The Morgan fingerprint density at radius 2 is 1.12 bits per heavy atom. The molecule has 0 spiro atoms. The number of amides is 4. The number of aromatic nitrogens is 4. The summed E-state index contributed by atoms with van der Waals surface area (Å²) in [7, 11) is -1.42. The zero-order chi connectivity index (χ0) is 44.5. The van der Waals surface area contributed by atoms with E-state index >= 15 is 0 Å². The minimum absolute atomic E-state index is 0.0197. The van der Waals surface area contributed by atoms with Crippen molar-refractivity contribution in [1.29, 1.82) is 0 Å². The Balaban J connectivity index is 0.907. The number of hydrogen-bond acceptors (Lipinski definition) is 11. The molecule has 2 aromatic carbocycles. The molecule has 2 saturated heterocycles. The van der Waals surface area contributed by atoms with Gasteiger partial charge < -0.3 is 44.6 Å². The fourth-order valence-electron chi connectivity index (χ4n) is 10.5. The number of ether oxygens (including phenoxy) is 3. The number of aromatic amines is 2. The minimum Gasteiger partial charge on any atom is -0.455 e. The number of benzene rings is 2. The predicted octanol–water partition coefficient (Wildman–Crippen LogP) is 7.34. The zero-order valence-electron chi connectivity index (χ0n) is 36.3. The molecule has 340 valence electrons. The van der Waals surface area contributed by atoms with E-state index in [0.29, 0.717) is 60.1 Å². The van der Waals surface area contributed by atoms with Gasteiger partial charge in [0.15, 0.2) is 0 Å². The van der Waals surface area contributed by atoms with Crippen LogP contribution in [0, 0.1) is 11.8 Å². The number of rotatable bonds is 10. The lowest BCUT2D eigenvalue weighted by Gasteiger charge is -2.34. The van der Waals surface area contributed by atoms with E-state index in [0.717, 1.165) is 77.0 Å². The number of H-pyrrole nitrogens is 2. The summed E-state index contributed by atoms with van der Waals surface area (Å²) < 4.78 is 44.4. The van der Waals surface area contributed by atoms with Crippen molar-refractivity contribution in [2.45, 2.75) is 124 Å². The quantitative estimate of drug-likeness (QED) is 0.109. The number of likely N-dealkylation sites (tertiary alicyclic amines) is 2. The van der Waals surface area contributed by atoms with Crippen LogP contribution in [-0.4, -0.2) is 102 Å². The van der Waals surface area contributed by atoms with Crippen molar-refractivity contribution < 1.29 is 41.8 Å². The van der Waals surface area contributed by atoms with Crippen molar-refractivity contribution in [3.63, 3.8) is 0 Å². The summed E-state index contributed by atoms with van der Waals surface area (Å²) in [5.41, 5.74) is 2.47. The van der Waals surface area contributed by atoms with Gasteiger partial charge in [0.25, 0.3) is 0 Å². The van der Waals surface area contributed by atoms with Crippen LogP contribution >= 0.6 is 0 Å². The summed E-state index contributed by atoms with van der Waals surface area (Å²) in [5.74, 6) is 1.34. The first-order chi connectivity index (χ1) is 31.0. The molecular formula is C46H56N8O9S.